The normalized spacial score (nSPS) is 15.7. The summed E-state index contributed by atoms with van der Waals surface area (Å²) in [4.78, 5) is 18.6. The van der Waals surface area contributed by atoms with E-state index in [1.807, 2.05) is 24.6 Å². The first-order valence-corrected chi connectivity index (χ1v) is 9.54. The van der Waals surface area contributed by atoms with E-state index in [0.717, 1.165) is 48.7 Å². The lowest BCUT2D eigenvalue weighted by Crippen LogP contribution is -2.47. The van der Waals surface area contributed by atoms with Gasteiger partial charge >= 0.3 is 0 Å². The largest absolute Gasteiger partial charge is 0.353 e. The highest BCUT2D eigenvalue weighted by Gasteiger charge is 2.23. The maximum absolute atomic E-state index is 4.73. The molecule has 0 saturated carbocycles. The molecular formula is C18H25N5S. The second-order valence-electron chi connectivity index (χ2n) is 7.01. The van der Waals surface area contributed by atoms with Gasteiger partial charge in [0.1, 0.15) is 11.6 Å². The summed E-state index contributed by atoms with van der Waals surface area (Å²) in [5, 5.41) is 0.851. The van der Waals surface area contributed by atoms with E-state index >= 15 is 0 Å². The molecule has 6 heteroatoms. The van der Waals surface area contributed by atoms with Crippen molar-refractivity contribution in [2.24, 2.45) is 0 Å². The van der Waals surface area contributed by atoms with Gasteiger partial charge in [-0.25, -0.2) is 15.0 Å². The zero-order valence-electron chi connectivity index (χ0n) is 14.9. The average Bonchev–Trinajstić information content (AvgIpc) is 2.61. The van der Waals surface area contributed by atoms with E-state index in [9.17, 15) is 0 Å². The molecule has 3 heterocycles. The number of nitrogens with zero attached hydrogens (tertiary/aromatic N) is 5. The first-order chi connectivity index (χ1) is 11.5. The third kappa shape index (κ3) is 3.80. The fourth-order valence-corrected chi connectivity index (χ4v) is 3.13. The van der Waals surface area contributed by atoms with Crippen molar-refractivity contribution in [3.05, 3.63) is 36.2 Å². The van der Waals surface area contributed by atoms with Gasteiger partial charge in [-0.2, -0.15) is 0 Å². The number of thioether (sulfide) groups is 1. The van der Waals surface area contributed by atoms with E-state index in [1.165, 1.54) is 0 Å². The van der Waals surface area contributed by atoms with Crippen molar-refractivity contribution in [2.75, 3.05) is 42.2 Å². The Hall–Kier alpha value is -1.82. The molecule has 0 unspecified atom stereocenters. The van der Waals surface area contributed by atoms with E-state index in [2.05, 4.69) is 52.7 Å². The highest BCUT2D eigenvalue weighted by atomic mass is 32.2. The highest BCUT2D eigenvalue weighted by molar-refractivity contribution is 7.98. The van der Waals surface area contributed by atoms with Crippen molar-refractivity contribution in [3.63, 3.8) is 0 Å². The average molecular weight is 344 g/mol. The lowest BCUT2D eigenvalue weighted by molar-refractivity contribution is 0.555. The Bertz CT molecular complexity index is 676. The van der Waals surface area contributed by atoms with Gasteiger partial charge in [0.2, 0.25) is 0 Å². The van der Waals surface area contributed by atoms with E-state index in [0.29, 0.717) is 0 Å². The second-order valence-corrected chi connectivity index (χ2v) is 7.78. The molecule has 2 aromatic rings. The highest BCUT2D eigenvalue weighted by Crippen LogP contribution is 2.27. The van der Waals surface area contributed by atoms with Gasteiger partial charge in [0.05, 0.1) is 5.69 Å². The number of aromatic nitrogens is 3. The van der Waals surface area contributed by atoms with Gasteiger partial charge in [0.25, 0.3) is 0 Å². The Morgan fingerprint density at radius 3 is 2.17 bits per heavy atom. The van der Waals surface area contributed by atoms with E-state index < -0.39 is 0 Å². The third-order valence-electron chi connectivity index (χ3n) is 4.22. The summed E-state index contributed by atoms with van der Waals surface area (Å²) in [6.45, 7) is 10.4. The van der Waals surface area contributed by atoms with Gasteiger partial charge < -0.3 is 9.80 Å². The quantitative estimate of drug-likeness (QED) is 0.630. The number of hydrogen-bond acceptors (Lipinski definition) is 6. The van der Waals surface area contributed by atoms with Crippen molar-refractivity contribution in [3.8, 4) is 0 Å². The molecule has 1 saturated heterocycles. The minimum absolute atomic E-state index is 0.0257. The van der Waals surface area contributed by atoms with Gasteiger partial charge in [-0.1, -0.05) is 38.6 Å². The van der Waals surface area contributed by atoms with Gasteiger partial charge in [-0.15, -0.1) is 0 Å². The SMILES string of the molecule is CSc1nc(N2CCN(c3ccccn3)CC2)cc(C(C)(C)C)n1. The molecule has 0 N–H and O–H groups in total. The van der Waals surface area contributed by atoms with Crippen molar-refractivity contribution in [1.29, 1.82) is 0 Å². The molecule has 1 aliphatic rings. The van der Waals surface area contributed by atoms with Crippen LogP contribution in [0.2, 0.25) is 0 Å². The number of pyridine rings is 1. The first kappa shape index (κ1) is 17.0. The topological polar surface area (TPSA) is 45.2 Å². The minimum atomic E-state index is 0.0257. The third-order valence-corrected chi connectivity index (χ3v) is 4.77. The Kier molecular flexibility index (Phi) is 4.94. The molecule has 0 radical (unpaired) electrons. The molecular weight excluding hydrogens is 318 g/mol. The van der Waals surface area contributed by atoms with Crippen LogP contribution in [0.15, 0.2) is 35.6 Å². The first-order valence-electron chi connectivity index (χ1n) is 8.32. The van der Waals surface area contributed by atoms with Crippen molar-refractivity contribution in [2.45, 2.75) is 31.3 Å². The summed E-state index contributed by atoms with van der Waals surface area (Å²) >= 11 is 1.61. The zero-order chi connectivity index (χ0) is 17.2. The van der Waals surface area contributed by atoms with Crippen LogP contribution in [0.3, 0.4) is 0 Å². The summed E-state index contributed by atoms with van der Waals surface area (Å²) in [5.74, 6) is 2.10. The molecule has 0 aromatic carbocycles. The lowest BCUT2D eigenvalue weighted by atomic mass is 9.92. The summed E-state index contributed by atoms with van der Waals surface area (Å²) in [5.41, 5.74) is 1.13. The van der Waals surface area contributed by atoms with Crippen molar-refractivity contribution < 1.29 is 0 Å². The predicted octanol–water partition coefficient (Wildman–Crippen LogP) is 3.22. The van der Waals surface area contributed by atoms with E-state index in [4.69, 9.17) is 4.98 Å². The molecule has 0 spiro atoms. The summed E-state index contributed by atoms with van der Waals surface area (Å²) in [6, 6.07) is 8.22. The standard InChI is InChI=1S/C18H25N5S/c1-18(2,3)14-13-16(21-17(20-14)24-4)23-11-9-22(10-12-23)15-7-5-6-8-19-15/h5-8,13H,9-12H2,1-4H3. The van der Waals surface area contributed by atoms with Gasteiger partial charge in [-0.05, 0) is 18.4 Å². The molecule has 0 aliphatic carbocycles. The molecule has 24 heavy (non-hydrogen) atoms. The van der Waals surface area contributed by atoms with Crippen LogP contribution in [0.4, 0.5) is 11.6 Å². The van der Waals surface area contributed by atoms with Gasteiger partial charge in [0, 0.05) is 43.9 Å². The van der Waals surface area contributed by atoms with Gasteiger partial charge in [-0.3, -0.25) is 0 Å². The van der Waals surface area contributed by atoms with Crippen LogP contribution >= 0.6 is 11.8 Å². The molecule has 2 aromatic heterocycles. The number of piperazine rings is 1. The monoisotopic (exact) mass is 343 g/mol. The Labute approximate surface area is 148 Å². The Morgan fingerprint density at radius 1 is 0.958 bits per heavy atom. The Morgan fingerprint density at radius 2 is 1.62 bits per heavy atom. The molecule has 1 aliphatic heterocycles. The second kappa shape index (κ2) is 6.97. The number of anilines is 2. The molecule has 0 bridgehead atoms. The summed E-state index contributed by atoms with van der Waals surface area (Å²) in [7, 11) is 0. The van der Waals surface area contributed by atoms with Crippen LogP contribution in [0.1, 0.15) is 26.5 Å². The van der Waals surface area contributed by atoms with Crippen LogP contribution < -0.4 is 9.80 Å². The lowest BCUT2D eigenvalue weighted by Gasteiger charge is -2.36. The van der Waals surface area contributed by atoms with E-state index in [-0.39, 0.29) is 5.41 Å². The van der Waals surface area contributed by atoms with Crippen LogP contribution in [0.25, 0.3) is 0 Å². The summed E-state index contributed by atoms with van der Waals surface area (Å²) in [6.07, 6.45) is 3.89. The number of hydrogen-bond donors (Lipinski definition) is 0. The Balaban J connectivity index is 1.76. The van der Waals surface area contributed by atoms with Gasteiger partial charge in [0.15, 0.2) is 5.16 Å². The predicted molar refractivity (Wildman–Crippen MR) is 101 cm³/mol. The summed E-state index contributed by atoms with van der Waals surface area (Å²) < 4.78 is 0. The van der Waals surface area contributed by atoms with Crippen LogP contribution in [-0.2, 0) is 5.41 Å². The molecule has 1 fully saturated rings. The molecule has 3 rings (SSSR count). The maximum atomic E-state index is 4.73. The van der Waals surface area contributed by atoms with Crippen LogP contribution in [0.5, 0.6) is 0 Å². The molecule has 128 valence electrons. The maximum Gasteiger partial charge on any atom is 0.189 e. The minimum Gasteiger partial charge on any atom is -0.353 e. The zero-order valence-corrected chi connectivity index (χ0v) is 15.7. The molecule has 0 atom stereocenters. The number of rotatable bonds is 3. The fourth-order valence-electron chi connectivity index (χ4n) is 2.76. The van der Waals surface area contributed by atoms with Crippen LogP contribution in [-0.4, -0.2) is 47.4 Å². The molecule has 5 nitrogen and oxygen atoms in total. The fraction of sp³-hybridized carbons (Fsp3) is 0.500. The van der Waals surface area contributed by atoms with Crippen LogP contribution in [0, 0.1) is 0 Å². The smallest absolute Gasteiger partial charge is 0.189 e. The van der Waals surface area contributed by atoms with E-state index in [1.54, 1.807) is 11.8 Å². The molecule has 0 amide bonds. The van der Waals surface area contributed by atoms with Crippen molar-refractivity contribution in [1.82, 2.24) is 15.0 Å². The van der Waals surface area contributed by atoms with Crippen molar-refractivity contribution >= 4 is 23.4 Å².